The molecule has 0 aromatic carbocycles. The van der Waals surface area contributed by atoms with Crippen molar-refractivity contribution >= 4 is 5.97 Å². The molecule has 6 nitrogen and oxygen atoms in total. The van der Waals surface area contributed by atoms with E-state index in [-0.39, 0.29) is 5.69 Å². The average molecular weight is 182 g/mol. The first-order valence-electron chi connectivity index (χ1n) is 4.10. The van der Waals surface area contributed by atoms with Crippen LogP contribution in [0.5, 0.6) is 0 Å². The lowest BCUT2D eigenvalue weighted by Crippen LogP contribution is -2.44. The van der Waals surface area contributed by atoms with E-state index in [1.165, 1.54) is 6.20 Å². The molecule has 1 aliphatic heterocycles. The maximum Gasteiger partial charge on any atom is 0.358 e. The van der Waals surface area contributed by atoms with E-state index in [2.05, 4.69) is 15.6 Å². The van der Waals surface area contributed by atoms with E-state index in [1.54, 1.807) is 4.68 Å². The molecule has 1 fully saturated rings. The van der Waals surface area contributed by atoms with E-state index in [4.69, 9.17) is 5.11 Å². The number of aromatic carboxylic acids is 1. The van der Waals surface area contributed by atoms with Gasteiger partial charge in [0.2, 0.25) is 0 Å². The molecule has 2 N–H and O–H groups in total. The van der Waals surface area contributed by atoms with Crippen LogP contribution in [-0.2, 0) is 6.54 Å². The van der Waals surface area contributed by atoms with Gasteiger partial charge in [0.05, 0.1) is 6.20 Å². The molecule has 1 aliphatic rings. The van der Waals surface area contributed by atoms with Crippen LogP contribution in [0.2, 0.25) is 0 Å². The quantitative estimate of drug-likeness (QED) is 0.639. The summed E-state index contributed by atoms with van der Waals surface area (Å²) in [6, 6.07) is 0. The van der Waals surface area contributed by atoms with Gasteiger partial charge in [-0.25, -0.2) is 4.79 Å². The van der Waals surface area contributed by atoms with Gasteiger partial charge in [-0.1, -0.05) is 5.21 Å². The summed E-state index contributed by atoms with van der Waals surface area (Å²) in [7, 11) is 0. The van der Waals surface area contributed by atoms with E-state index < -0.39 is 5.97 Å². The van der Waals surface area contributed by atoms with Crippen LogP contribution in [0, 0.1) is 5.92 Å². The highest BCUT2D eigenvalue weighted by atomic mass is 16.4. The summed E-state index contributed by atoms with van der Waals surface area (Å²) in [6.45, 7) is 2.69. The highest BCUT2D eigenvalue weighted by Gasteiger charge is 2.18. The molecule has 0 atom stereocenters. The van der Waals surface area contributed by atoms with Gasteiger partial charge in [0.15, 0.2) is 5.69 Å². The van der Waals surface area contributed by atoms with Gasteiger partial charge >= 0.3 is 5.97 Å². The maximum atomic E-state index is 10.5. The fraction of sp³-hybridized carbons (Fsp3) is 0.571. The first kappa shape index (κ1) is 8.18. The van der Waals surface area contributed by atoms with Gasteiger partial charge in [-0.15, -0.1) is 5.10 Å². The molecule has 0 unspecified atom stereocenters. The number of hydrogen-bond acceptors (Lipinski definition) is 4. The lowest BCUT2D eigenvalue weighted by molar-refractivity contribution is 0.0690. The topological polar surface area (TPSA) is 80.0 Å². The largest absolute Gasteiger partial charge is 0.476 e. The first-order valence-corrected chi connectivity index (χ1v) is 4.10. The second-order valence-corrected chi connectivity index (χ2v) is 3.16. The molecule has 6 heteroatoms. The molecule has 0 saturated carbocycles. The molecule has 0 amide bonds. The normalized spacial score (nSPS) is 16.9. The van der Waals surface area contributed by atoms with Gasteiger partial charge in [-0.3, -0.25) is 4.68 Å². The Morgan fingerprint density at radius 2 is 2.54 bits per heavy atom. The molecule has 2 heterocycles. The number of nitrogens with one attached hydrogen (secondary N) is 1. The summed E-state index contributed by atoms with van der Waals surface area (Å²) in [6.07, 6.45) is 1.46. The molecule has 70 valence electrons. The number of hydrogen-bond donors (Lipinski definition) is 2. The summed E-state index contributed by atoms with van der Waals surface area (Å²) in [5.74, 6) is -0.471. The van der Waals surface area contributed by atoms with Crippen molar-refractivity contribution in [1.29, 1.82) is 0 Å². The minimum absolute atomic E-state index is 0.00674. The number of carboxylic acids is 1. The Morgan fingerprint density at radius 1 is 1.77 bits per heavy atom. The molecule has 1 aromatic heterocycles. The third-order valence-corrected chi connectivity index (χ3v) is 2.07. The molecule has 1 aromatic rings. The van der Waals surface area contributed by atoms with Crippen LogP contribution in [0.3, 0.4) is 0 Å². The second-order valence-electron chi connectivity index (χ2n) is 3.16. The number of carboxylic acid groups (broad SMARTS) is 1. The standard InChI is InChI=1S/C7H10N4O2/c12-7(13)6-4-11(10-9-6)3-5-1-8-2-5/h4-5,8H,1-3H2,(H,12,13). The first-order chi connectivity index (χ1) is 6.25. The van der Waals surface area contributed by atoms with E-state index in [0.29, 0.717) is 5.92 Å². The van der Waals surface area contributed by atoms with E-state index in [1.807, 2.05) is 0 Å². The molecular formula is C7H10N4O2. The van der Waals surface area contributed by atoms with Gasteiger partial charge in [-0.2, -0.15) is 0 Å². The van der Waals surface area contributed by atoms with E-state index >= 15 is 0 Å². The van der Waals surface area contributed by atoms with Crippen molar-refractivity contribution in [3.05, 3.63) is 11.9 Å². The average Bonchev–Trinajstić information content (AvgIpc) is 2.44. The van der Waals surface area contributed by atoms with Crippen molar-refractivity contribution in [2.45, 2.75) is 6.54 Å². The lowest BCUT2D eigenvalue weighted by atomic mass is 10.0. The Balaban J connectivity index is 2.00. The van der Waals surface area contributed by atoms with Crippen LogP contribution in [-0.4, -0.2) is 39.2 Å². The number of nitrogens with zero attached hydrogens (tertiary/aromatic N) is 3. The fourth-order valence-corrected chi connectivity index (χ4v) is 1.23. The number of carbonyl (C=O) groups is 1. The van der Waals surface area contributed by atoms with Crippen LogP contribution in [0.1, 0.15) is 10.5 Å². The molecule has 1 saturated heterocycles. The third kappa shape index (κ3) is 1.67. The Bertz CT molecular complexity index is 318. The molecule has 0 spiro atoms. The van der Waals surface area contributed by atoms with E-state index in [0.717, 1.165) is 19.6 Å². The summed E-state index contributed by atoms with van der Waals surface area (Å²) in [4.78, 5) is 10.5. The zero-order valence-electron chi connectivity index (χ0n) is 6.97. The minimum Gasteiger partial charge on any atom is -0.476 e. The van der Waals surface area contributed by atoms with Crippen LogP contribution in [0.4, 0.5) is 0 Å². The predicted molar refractivity (Wildman–Crippen MR) is 43.3 cm³/mol. The SMILES string of the molecule is O=C(O)c1cn(CC2CNC2)nn1. The fourth-order valence-electron chi connectivity index (χ4n) is 1.23. The molecule has 0 bridgehead atoms. The predicted octanol–water partition coefficient (Wildman–Crippen LogP) is -0.804. The monoisotopic (exact) mass is 182 g/mol. The third-order valence-electron chi connectivity index (χ3n) is 2.07. The Morgan fingerprint density at radius 3 is 3.00 bits per heavy atom. The van der Waals surface area contributed by atoms with E-state index in [9.17, 15) is 4.79 Å². The van der Waals surface area contributed by atoms with Crippen molar-refractivity contribution in [2.24, 2.45) is 5.92 Å². The molecule has 0 radical (unpaired) electrons. The van der Waals surface area contributed by atoms with Crippen molar-refractivity contribution in [3.8, 4) is 0 Å². The maximum absolute atomic E-state index is 10.5. The van der Waals surface area contributed by atoms with Gasteiger partial charge in [0, 0.05) is 25.6 Å². The van der Waals surface area contributed by atoms with Crippen LogP contribution in [0.15, 0.2) is 6.20 Å². The van der Waals surface area contributed by atoms with Crippen LogP contribution < -0.4 is 5.32 Å². The summed E-state index contributed by atoms with van der Waals surface area (Å²) >= 11 is 0. The van der Waals surface area contributed by atoms with Gasteiger partial charge in [-0.05, 0) is 0 Å². The summed E-state index contributed by atoms with van der Waals surface area (Å²) in [5.41, 5.74) is 0.00674. The molecular weight excluding hydrogens is 172 g/mol. The molecule has 13 heavy (non-hydrogen) atoms. The molecule has 2 rings (SSSR count). The minimum atomic E-state index is -1.03. The highest BCUT2D eigenvalue weighted by molar-refractivity contribution is 5.84. The Kier molecular flexibility index (Phi) is 1.97. The lowest BCUT2D eigenvalue weighted by Gasteiger charge is -2.26. The summed E-state index contributed by atoms with van der Waals surface area (Å²) < 4.78 is 1.58. The van der Waals surface area contributed by atoms with Crippen molar-refractivity contribution < 1.29 is 9.90 Å². The van der Waals surface area contributed by atoms with Gasteiger partial charge < -0.3 is 10.4 Å². The van der Waals surface area contributed by atoms with Gasteiger partial charge in [0.25, 0.3) is 0 Å². The Labute approximate surface area is 74.6 Å². The zero-order chi connectivity index (χ0) is 9.26. The second kappa shape index (κ2) is 3.14. The summed E-state index contributed by atoms with van der Waals surface area (Å²) in [5, 5.41) is 18.9. The van der Waals surface area contributed by atoms with Crippen LogP contribution in [0.25, 0.3) is 0 Å². The van der Waals surface area contributed by atoms with Crippen LogP contribution >= 0.6 is 0 Å². The highest BCUT2D eigenvalue weighted by Crippen LogP contribution is 2.05. The zero-order valence-corrected chi connectivity index (χ0v) is 6.97. The Hall–Kier alpha value is -1.43. The van der Waals surface area contributed by atoms with Crippen molar-refractivity contribution in [3.63, 3.8) is 0 Å². The number of rotatable bonds is 3. The number of aromatic nitrogens is 3. The molecule has 0 aliphatic carbocycles. The van der Waals surface area contributed by atoms with Gasteiger partial charge in [0.1, 0.15) is 0 Å². The van der Waals surface area contributed by atoms with Crippen molar-refractivity contribution in [1.82, 2.24) is 20.3 Å². The van der Waals surface area contributed by atoms with Crippen molar-refractivity contribution in [2.75, 3.05) is 13.1 Å². The smallest absolute Gasteiger partial charge is 0.358 e.